The molecule has 0 aliphatic carbocycles. The van der Waals surface area contributed by atoms with E-state index in [4.69, 9.17) is 4.98 Å². The number of aromatic nitrogens is 2. The van der Waals surface area contributed by atoms with Crippen LogP contribution in [0.1, 0.15) is 11.1 Å². The van der Waals surface area contributed by atoms with E-state index in [1.807, 2.05) is 6.20 Å². The molecule has 0 unspecified atom stereocenters. The summed E-state index contributed by atoms with van der Waals surface area (Å²) < 4.78 is 0. The normalized spacial score (nSPS) is 15.4. The van der Waals surface area contributed by atoms with Gasteiger partial charge in [-0.25, -0.2) is 9.97 Å². The van der Waals surface area contributed by atoms with Gasteiger partial charge in [-0.15, -0.1) is 0 Å². The lowest BCUT2D eigenvalue weighted by molar-refractivity contribution is 0.580. The molecule has 1 aliphatic rings. The van der Waals surface area contributed by atoms with E-state index in [-0.39, 0.29) is 0 Å². The van der Waals surface area contributed by atoms with E-state index in [1.54, 1.807) is 0 Å². The lowest BCUT2D eigenvalue weighted by Crippen LogP contribution is -2.44. The van der Waals surface area contributed by atoms with Crippen molar-refractivity contribution in [3.05, 3.63) is 41.6 Å². The average Bonchev–Trinajstić information content (AvgIpc) is 2.50. The highest BCUT2D eigenvalue weighted by Crippen LogP contribution is 2.23. The van der Waals surface area contributed by atoms with Crippen molar-refractivity contribution >= 4 is 5.95 Å². The second-order valence-corrected chi connectivity index (χ2v) is 5.30. The van der Waals surface area contributed by atoms with Crippen molar-refractivity contribution in [2.24, 2.45) is 0 Å². The third-order valence-corrected chi connectivity index (χ3v) is 3.68. The fourth-order valence-electron chi connectivity index (χ4n) is 2.45. The third kappa shape index (κ3) is 2.65. The summed E-state index contributed by atoms with van der Waals surface area (Å²) in [6.07, 6.45) is 1.93. The number of aryl methyl sites for hydroxylation is 2. The lowest BCUT2D eigenvalue weighted by atomic mass is 10.1. The zero-order valence-corrected chi connectivity index (χ0v) is 12.1. The Morgan fingerprint density at radius 3 is 2.45 bits per heavy atom. The summed E-state index contributed by atoms with van der Waals surface area (Å²) in [5, 5.41) is 3.35. The maximum atomic E-state index is 4.78. The summed E-state index contributed by atoms with van der Waals surface area (Å²) in [5.41, 5.74) is 4.58. The van der Waals surface area contributed by atoms with Crippen molar-refractivity contribution in [2.75, 3.05) is 31.1 Å². The maximum Gasteiger partial charge on any atom is 0.225 e. The van der Waals surface area contributed by atoms with Crippen LogP contribution in [0.5, 0.6) is 0 Å². The summed E-state index contributed by atoms with van der Waals surface area (Å²) in [6, 6.07) is 8.52. The van der Waals surface area contributed by atoms with Crippen LogP contribution in [0.15, 0.2) is 30.5 Å². The highest BCUT2D eigenvalue weighted by atomic mass is 15.3. The van der Waals surface area contributed by atoms with Crippen LogP contribution in [-0.4, -0.2) is 36.1 Å². The van der Waals surface area contributed by atoms with E-state index >= 15 is 0 Å². The van der Waals surface area contributed by atoms with Crippen LogP contribution >= 0.6 is 0 Å². The number of piperazine rings is 1. The molecular formula is C16H20N4. The predicted molar refractivity (Wildman–Crippen MR) is 82.0 cm³/mol. The van der Waals surface area contributed by atoms with Crippen molar-refractivity contribution in [1.29, 1.82) is 0 Å². The summed E-state index contributed by atoms with van der Waals surface area (Å²) in [6.45, 7) is 8.10. The smallest absolute Gasteiger partial charge is 0.225 e. The van der Waals surface area contributed by atoms with Gasteiger partial charge in [0, 0.05) is 37.9 Å². The molecule has 0 radical (unpaired) electrons. The van der Waals surface area contributed by atoms with Gasteiger partial charge in [-0.1, -0.05) is 29.8 Å². The van der Waals surface area contributed by atoms with Gasteiger partial charge in [0.05, 0.1) is 5.69 Å². The quantitative estimate of drug-likeness (QED) is 0.906. The van der Waals surface area contributed by atoms with Crippen LogP contribution in [0.4, 0.5) is 5.95 Å². The van der Waals surface area contributed by atoms with Crippen LogP contribution in [0.2, 0.25) is 0 Å². The molecule has 3 rings (SSSR count). The van der Waals surface area contributed by atoms with Crippen molar-refractivity contribution < 1.29 is 0 Å². The van der Waals surface area contributed by atoms with E-state index in [2.05, 4.69) is 53.3 Å². The first-order valence-electron chi connectivity index (χ1n) is 7.10. The van der Waals surface area contributed by atoms with Crippen molar-refractivity contribution in [1.82, 2.24) is 15.3 Å². The topological polar surface area (TPSA) is 41.1 Å². The zero-order valence-electron chi connectivity index (χ0n) is 12.1. The standard InChI is InChI=1S/C16H20N4/c1-12-3-5-14(6-4-12)15-13(2)11-18-16(19-15)20-9-7-17-8-10-20/h3-6,11,17H,7-10H2,1-2H3. The predicted octanol–water partition coefficient (Wildman–Crippen LogP) is 2.17. The summed E-state index contributed by atoms with van der Waals surface area (Å²) in [4.78, 5) is 11.5. The summed E-state index contributed by atoms with van der Waals surface area (Å²) >= 11 is 0. The van der Waals surface area contributed by atoms with Crippen molar-refractivity contribution in [2.45, 2.75) is 13.8 Å². The molecule has 4 heteroatoms. The Morgan fingerprint density at radius 1 is 1.05 bits per heavy atom. The van der Waals surface area contributed by atoms with Gasteiger partial charge in [0.15, 0.2) is 0 Å². The van der Waals surface area contributed by atoms with Crippen LogP contribution < -0.4 is 10.2 Å². The molecule has 4 nitrogen and oxygen atoms in total. The number of hydrogen-bond donors (Lipinski definition) is 1. The van der Waals surface area contributed by atoms with E-state index in [1.165, 1.54) is 5.56 Å². The van der Waals surface area contributed by atoms with Gasteiger partial charge < -0.3 is 10.2 Å². The number of hydrogen-bond acceptors (Lipinski definition) is 4. The molecule has 104 valence electrons. The number of rotatable bonds is 2. The molecule has 0 atom stereocenters. The SMILES string of the molecule is Cc1ccc(-c2nc(N3CCNCC3)ncc2C)cc1. The van der Waals surface area contributed by atoms with E-state index in [0.29, 0.717) is 0 Å². The summed E-state index contributed by atoms with van der Waals surface area (Å²) in [7, 11) is 0. The average molecular weight is 268 g/mol. The molecule has 20 heavy (non-hydrogen) atoms. The fourth-order valence-corrected chi connectivity index (χ4v) is 2.45. The Hall–Kier alpha value is -1.94. The van der Waals surface area contributed by atoms with Crippen LogP contribution in [0.25, 0.3) is 11.3 Å². The van der Waals surface area contributed by atoms with Gasteiger partial charge in [-0.05, 0) is 19.4 Å². The molecule has 1 N–H and O–H groups in total. The zero-order chi connectivity index (χ0) is 13.9. The minimum Gasteiger partial charge on any atom is -0.338 e. The van der Waals surface area contributed by atoms with Crippen LogP contribution in [-0.2, 0) is 0 Å². The highest BCUT2D eigenvalue weighted by molar-refractivity contribution is 5.64. The largest absolute Gasteiger partial charge is 0.338 e. The minimum atomic E-state index is 0.840. The molecule has 0 spiro atoms. The molecule has 0 bridgehead atoms. The molecule has 0 saturated carbocycles. The Bertz CT molecular complexity index is 586. The second-order valence-electron chi connectivity index (χ2n) is 5.30. The number of nitrogens with one attached hydrogen (secondary N) is 1. The molecule has 1 fully saturated rings. The van der Waals surface area contributed by atoms with Gasteiger partial charge >= 0.3 is 0 Å². The molecule has 2 aromatic rings. The Balaban J connectivity index is 1.95. The number of anilines is 1. The lowest BCUT2D eigenvalue weighted by Gasteiger charge is -2.27. The van der Waals surface area contributed by atoms with E-state index in [0.717, 1.165) is 48.9 Å². The molecular weight excluding hydrogens is 248 g/mol. The van der Waals surface area contributed by atoms with Gasteiger partial charge in [0.1, 0.15) is 0 Å². The fraction of sp³-hybridized carbons (Fsp3) is 0.375. The molecule has 2 heterocycles. The minimum absolute atomic E-state index is 0.840. The molecule has 1 aromatic heterocycles. The van der Waals surface area contributed by atoms with Gasteiger partial charge in [-0.3, -0.25) is 0 Å². The highest BCUT2D eigenvalue weighted by Gasteiger charge is 2.14. The maximum absolute atomic E-state index is 4.78. The molecule has 1 aliphatic heterocycles. The number of benzene rings is 1. The first kappa shape index (κ1) is 13.1. The van der Waals surface area contributed by atoms with E-state index < -0.39 is 0 Å². The molecule has 1 saturated heterocycles. The molecule has 1 aromatic carbocycles. The Morgan fingerprint density at radius 2 is 1.75 bits per heavy atom. The second kappa shape index (κ2) is 5.59. The Labute approximate surface area is 119 Å². The van der Waals surface area contributed by atoms with Gasteiger partial charge in [0.25, 0.3) is 0 Å². The van der Waals surface area contributed by atoms with Gasteiger partial charge in [0.2, 0.25) is 5.95 Å². The monoisotopic (exact) mass is 268 g/mol. The van der Waals surface area contributed by atoms with E-state index in [9.17, 15) is 0 Å². The van der Waals surface area contributed by atoms with Crippen LogP contribution in [0, 0.1) is 13.8 Å². The first-order chi connectivity index (χ1) is 9.74. The van der Waals surface area contributed by atoms with Crippen molar-refractivity contribution in [3.63, 3.8) is 0 Å². The first-order valence-corrected chi connectivity index (χ1v) is 7.10. The summed E-state index contributed by atoms with van der Waals surface area (Å²) in [5.74, 6) is 0.840. The van der Waals surface area contributed by atoms with Crippen molar-refractivity contribution in [3.8, 4) is 11.3 Å². The Kier molecular flexibility index (Phi) is 3.65. The van der Waals surface area contributed by atoms with Crippen LogP contribution in [0.3, 0.4) is 0 Å². The molecule has 0 amide bonds. The van der Waals surface area contributed by atoms with Gasteiger partial charge in [-0.2, -0.15) is 0 Å². The third-order valence-electron chi connectivity index (χ3n) is 3.68. The number of nitrogens with zero attached hydrogens (tertiary/aromatic N) is 3.